The van der Waals surface area contributed by atoms with Crippen LogP contribution >= 0.6 is 11.6 Å². The third-order valence-electron chi connectivity index (χ3n) is 1.81. The van der Waals surface area contributed by atoms with E-state index in [1.54, 1.807) is 18.5 Å². The van der Waals surface area contributed by atoms with Crippen molar-refractivity contribution in [1.29, 1.82) is 0 Å². The first kappa shape index (κ1) is 10.7. The minimum Gasteiger partial charge on any atom is -0.478 e. The number of halogens is 1. The van der Waals surface area contributed by atoms with Crippen LogP contribution < -0.4 is 10.5 Å². The second-order valence-corrected chi connectivity index (χ2v) is 3.34. The van der Waals surface area contributed by atoms with Crippen LogP contribution in [0.4, 0.5) is 5.82 Å². The molecule has 0 atom stereocenters. The molecule has 0 aliphatic rings. The normalized spacial score (nSPS) is 10.4. The minimum absolute atomic E-state index is 0.243. The minimum atomic E-state index is 0.243. The molecule has 0 saturated carbocycles. The monoisotopic (exact) mass is 239 g/mol. The smallest absolute Gasteiger partial charge is 0.253 e. The molecular weight excluding hydrogens is 230 g/mol. The number of nitrogens with zero attached hydrogens (tertiary/aromatic N) is 4. The zero-order valence-electron chi connectivity index (χ0n) is 8.59. The van der Waals surface area contributed by atoms with Gasteiger partial charge in [0, 0.05) is 12.3 Å². The van der Waals surface area contributed by atoms with E-state index in [2.05, 4.69) is 15.1 Å². The van der Waals surface area contributed by atoms with Crippen molar-refractivity contribution in [2.75, 3.05) is 12.3 Å². The van der Waals surface area contributed by atoms with Crippen molar-refractivity contribution in [3.8, 4) is 11.8 Å². The molecule has 2 aromatic heterocycles. The first-order valence-electron chi connectivity index (χ1n) is 4.67. The molecule has 7 heteroatoms. The highest BCUT2D eigenvalue weighted by Crippen LogP contribution is 2.17. The number of ether oxygens (including phenoxy) is 1. The molecule has 0 fully saturated rings. The van der Waals surface area contributed by atoms with Crippen molar-refractivity contribution in [1.82, 2.24) is 19.7 Å². The van der Waals surface area contributed by atoms with Crippen molar-refractivity contribution >= 4 is 17.4 Å². The summed E-state index contributed by atoms with van der Waals surface area (Å²) in [5.41, 5.74) is 5.52. The third kappa shape index (κ3) is 2.06. The fourth-order valence-corrected chi connectivity index (χ4v) is 1.27. The lowest BCUT2D eigenvalue weighted by Gasteiger charge is -2.03. The maximum atomic E-state index is 5.79. The summed E-state index contributed by atoms with van der Waals surface area (Å²) in [5.74, 6) is 1.09. The summed E-state index contributed by atoms with van der Waals surface area (Å²) in [4.78, 5) is 8.18. The number of aromatic nitrogens is 4. The Morgan fingerprint density at radius 3 is 3.00 bits per heavy atom. The Morgan fingerprint density at radius 2 is 2.38 bits per heavy atom. The van der Waals surface area contributed by atoms with Gasteiger partial charge in [-0.25, -0.2) is 9.67 Å². The molecule has 0 aliphatic carbocycles. The molecule has 0 aromatic carbocycles. The van der Waals surface area contributed by atoms with Gasteiger partial charge in [-0.15, -0.1) is 5.10 Å². The van der Waals surface area contributed by atoms with E-state index in [0.29, 0.717) is 23.5 Å². The molecular formula is C9H10ClN5O. The fraction of sp³-hybridized carbons (Fsp3) is 0.222. The summed E-state index contributed by atoms with van der Waals surface area (Å²) in [7, 11) is 0. The van der Waals surface area contributed by atoms with E-state index in [4.69, 9.17) is 22.1 Å². The molecule has 84 valence electrons. The number of hydrogen-bond acceptors (Lipinski definition) is 5. The van der Waals surface area contributed by atoms with E-state index >= 15 is 0 Å². The van der Waals surface area contributed by atoms with Gasteiger partial charge in [0.05, 0.1) is 12.8 Å². The lowest BCUT2D eigenvalue weighted by atomic mass is 10.6. The standard InChI is InChI=1S/C9H10ClN5O/c1-2-16-7-3-4-12-9(13-7)15-5-6(10)8(11)14-15/h3-5H,2H2,1H3,(H2,11,14). The van der Waals surface area contributed by atoms with Gasteiger partial charge in [0.25, 0.3) is 5.95 Å². The van der Waals surface area contributed by atoms with Crippen LogP contribution in [0, 0.1) is 0 Å². The van der Waals surface area contributed by atoms with Crippen LogP contribution in [0.5, 0.6) is 5.88 Å². The van der Waals surface area contributed by atoms with E-state index < -0.39 is 0 Å². The van der Waals surface area contributed by atoms with Crippen LogP contribution in [0.2, 0.25) is 5.02 Å². The summed E-state index contributed by atoms with van der Waals surface area (Å²) >= 11 is 5.79. The molecule has 2 heterocycles. The Bertz CT molecular complexity index is 479. The zero-order valence-corrected chi connectivity index (χ0v) is 9.35. The number of nitrogens with two attached hydrogens (primary N) is 1. The Hall–Kier alpha value is -1.82. The molecule has 2 N–H and O–H groups in total. The average molecular weight is 240 g/mol. The molecule has 0 radical (unpaired) electrons. The summed E-state index contributed by atoms with van der Waals surface area (Å²) in [6, 6.07) is 1.67. The van der Waals surface area contributed by atoms with Gasteiger partial charge < -0.3 is 10.5 Å². The average Bonchev–Trinajstić information content (AvgIpc) is 2.60. The third-order valence-corrected chi connectivity index (χ3v) is 2.10. The van der Waals surface area contributed by atoms with Crippen LogP contribution in [0.3, 0.4) is 0 Å². The number of anilines is 1. The number of hydrogen-bond donors (Lipinski definition) is 1. The van der Waals surface area contributed by atoms with Crippen LogP contribution in [0.15, 0.2) is 18.5 Å². The first-order valence-corrected chi connectivity index (χ1v) is 5.05. The van der Waals surface area contributed by atoms with E-state index in [-0.39, 0.29) is 5.82 Å². The topological polar surface area (TPSA) is 78.9 Å². The van der Waals surface area contributed by atoms with Crippen LogP contribution in [0.1, 0.15) is 6.92 Å². The molecule has 16 heavy (non-hydrogen) atoms. The zero-order chi connectivity index (χ0) is 11.5. The predicted octanol–water partition coefficient (Wildman–Crippen LogP) is 1.30. The van der Waals surface area contributed by atoms with E-state index in [0.717, 1.165) is 0 Å². The summed E-state index contributed by atoms with van der Waals surface area (Å²) < 4.78 is 6.65. The van der Waals surface area contributed by atoms with Crippen molar-refractivity contribution < 1.29 is 4.74 Å². The van der Waals surface area contributed by atoms with Gasteiger partial charge in [0.2, 0.25) is 5.88 Å². The first-order chi connectivity index (χ1) is 7.70. The molecule has 0 spiro atoms. The second kappa shape index (κ2) is 4.36. The van der Waals surface area contributed by atoms with Gasteiger partial charge in [-0.1, -0.05) is 11.6 Å². The summed E-state index contributed by atoms with van der Waals surface area (Å²) in [6.07, 6.45) is 3.13. The Labute approximate surface area is 97.0 Å². The van der Waals surface area contributed by atoms with Crippen LogP contribution in [-0.2, 0) is 0 Å². The largest absolute Gasteiger partial charge is 0.478 e. The van der Waals surface area contributed by atoms with Crippen molar-refractivity contribution in [3.63, 3.8) is 0 Å². The molecule has 0 unspecified atom stereocenters. The molecule has 2 aromatic rings. The van der Waals surface area contributed by atoms with Gasteiger partial charge >= 0.3 is 0 Å². The Morgan fingerprint density at radius 1 is 1.56 bits per heavy atom. The quantitative estimate of drug-likeness (QED) is 0.873. The molecule has 0 aliphatic heterocycles. The van der Waals surface area contributed by atoms with Gasteiger partial charge in [-0.2, -0.15) is 4.98 Å². The molecule has 0 saturated heterocycles. The Balaban J connectivity index is 2.36. The highest BCUT2D eigenvalue weighted by molar-refractivity contribution is 6.32. The van der Waals surface area contributed by atoms with Crippen molar-refractivity contribution in [2.24, 2.45) is 0 Å². The van der Waals surface area contributed by atoms with Crippen LogP contribution in [0.25, 0.3) is 5.95 Å². The van der Waals surface area contributed by atoms with Crippen LogP contribution in [-0.4, -0.2) is 26.4 Å². The van der Waals surface area contributed by atoms with Gasteiger partial charge in [-0.05, 0) is 6.92 Å². The summed E-state index contributed by atoms with van der Waals surface area (Å²) in [6.45, 7) is 2.42. The Kier molecular flexibility index (Phi) is 2.91. The SMILES string of the molecule is CCOc1ccnc(-n2cc(Cl)c(N)n2)n1. The highest BCUT2D eigenvalue weighted by atomic mass is 35.5. The fourth-order valence-electron chi connectivity index (χ4n) is 1.14. The van der Waals surface area contributed by atoms with Gasteiger partial charge in [0.1, 0.15) is 5.02 Å². The predicted molar refractivity (Wildman–Crippen MR) is 59.7 cm³/mol. The number of nitrogen functional groups attached to an aromatic ring is 1. The van der Waals surface area contributed by atoms with Gasteiger partial charge in [-0.3, -0.25) is 0 Å². The molecule has 0 bridgehead atoms. The lowest BCUT2D eigenvalue weighted by Crippen LogP contribution is -2.04. The molecule has 6 nitrogen and oxygen atoms in total. The summed E-state index contributed by atoms with van der Waals surface area (Å²) in [5, 5.41) is 4.33. The maximum absolute atomic E-state index is 5.79. The van der Waals surface area contributed by atoms with E-state index in [1.807, 2.05) is 6.92 Å². The molecule has 2 rings (SSSR count). The van der Waals surface area contributed by atoms with Crippen molar-refractivity contribution in [3.05, 3.63) is 23.5 Å². The van der Waals surface area contributed by atoms with Gasteiger partial charge in [0.15, 0.2) is 5.82 Å². The maximum Gasteiger partial charge on any atom is 0.253 e. The highest BCUT2D eigenvalue weighted by Gasteiger charge is 2.07. The molecule has 0 amide bonds. The van der Waals surface area contributed by atoms with Crippen molar-refractivity contribution in [2.45, 2.75) is 6.92 Å². The number of rotatable bonds is 3. The van der Waals surface area contributed by atoms with E-state index in [1.165, 1.54) is 4.68 Å². The second-order valence-electron chi connectivity index (χ2n) is 2.93. The van der Waals surface area contributed by atoms with E-state index in [9.17, 15) is 0 Å². The lowest BCUT2D eigenvalue weighted by molar-refractivity contribution is 0.325.